The molecule has 3 saturated heterocycles. The predicted octanol–water partition coefficient (Wildman–Crippen LogP) is -2.19. The van der Waals surface area contributed by atoms with Gasteiger partial charge in [0.2, 0.25) is 59.1 Å². The van der Waals surface area contributed by atoms with Crippen molar-refractivity contribution in [2.24, 2.45) is 40.7 Å². The molecule has 3 rings (SSSR count). The van der Waals surface area contributed by atoms with Gasteiger partial charge in [-0.25, -0.2) is 4.79 Å². The molecule has 3 fully saturated rings. The van der Waals surface area contributed by atoms with E-state index in [0.29, 0.717) is 45.1 Å². The van der Waals surface area contributed by atoms with Crippen LogP contribution < -0.4 is 49.5 Å². The Morgan fingerprint density at radius 2 is 1.00 bits per heavy atom. The Hall–Kier alpha value is -5.91. The molecule has 0 aromatic heterocycles. The number of hydrogen-bond donors (Lipinski definition) is 10. The summed E-state index contributed by atoms with van der Waals surface area (Å²) in [6.07, 6.45) is 2.90. The van der Waals surface area contributed by atoms with Crippen molar-refractivity contribution in [2.75, 3.05) is 26.2 Å². The van der Waals surface area contributed by atoms with Gasteiger partial charge in [0.25, 0.3) is 0 Å². The first-order valence-corrected chi connectivity index (χ1v) is 25.1. The highest BCUT2D eigenvalue weighted by Gasteiger charge is 2.44. The second kappa shape index (κ2) is 28.2. The molecule has 0 aliphatic carbocycles. The lowest BCUT2D eigenvalue weighted by molar-refractivity contribution is -0.146. The Morgan fingerprint density at radius 1 is 0.535 bits per heavy atom. The first-order chi connectivity index (χ1) is 33.4. The van der Waals surface area contributed by atoms with Crippen molar-refractivity contribution in [2.45, 2.75) is 186 Å². The zero-order valence-corrected chi connectivity index (χ0v) is 42.2. The molecular formula is C47H80N12O12. The van der Waals surface area contributed by atoms with E-state index in [9.17, 15) is 57.8 Å². The second-order valence-electron chi connectivity index (χ2n) is 20.1. The molecule has 10 amide bonds. The molecule has 3 aliphatic rings. The number of unbranched alkanes of at least 4 members (excludes halogenated alkanes) is 1. The van der Waals surface area contributed by atoms with E-state index in [0.717, 1.165) is 0 Å². The number of hydrogen-bond acceptors (Lipinski definition) is 13. The first-order valence-electron chi connectivity index (χ1n) is 25.1. The lowest BCUT2D eigenvalue weighted by Gasteiger charge is -2.34. The third kappa shape index (κ3) is 17.4. The summed E-state index contributed by atoms with van der Waals surface area (Å²) < 4.78 is 0. The molecule has 400 valence electrons. The van der Waals surface area contributed by atoms with Crippen LogP contribution in [-0.2, 0) is 52.7 Å². The van der Waals surface area contributed by atoms with E-state index in [4.69, 9.17) is 22.9 Å². The van der Waals surface area contributed by atoms with E-state index < -0.39 is 131 Å². The minimum atomic E-state index is -1.41. The Labute approximate surface area is 415 Å². The topological polar surface area (TPSA) is 382 Å². The summed E-state index contributed by atoms with van der Waals surface area (Å²) in [4.78, 5) is 150. The molecule has 0 spiro atoms. The smallest absolute Gasteiger partial charge is 0.326 e. The number of carbonyl (C=O) groups excluding carboxylic acids is 10. The number of nitrogens with one attached hydrogen (secondary N) is 5. The number of amides is 10. The number of carboxylic acid groups (broad SMARTS) is 1. The number of aliphatic carboxylic acids is 1. The first kappa shape index (κ1) is 59.4. The van der Waals surface area contributed by atoms with Crippen LogP contribution in [0.5, 0.6) is 0 Å². The summed E-state index contributed by atoms with van der Waals surface area (Å²) in [5, 5.41) is 23.2. The largest absolute Gasteiger partial charge is 0.480 e. The Balaban J connectivity index is 1.76. The van der Waals surface area contributed by atoms with Crippen LogP contribution in [0.2, 0.25) is 0 Å². The standard InChI is InChI=1S/C47H80N12O12/c1-25(2)24-31(54-43(66)37(26(3)4)55-39(62)29(12-7-8-20-48)52-40(63)32-13-9-21-57(32)44(67)28(49)16-18-35(50)60)45(68)58-22-10-15-34(58)42(65)56-38(27(5)6)46(69)59-23-11-14-33(59)41(64)53-30(47(70)71)17-19-36(51)61/h25-34,37-38H,7-24,48-49H2,1-6H3,(H2,50,60)(H2,51,61)(H,52,63)(H,53,64)(H,54,66)(H,55,62)(H,56,65)(H,70,71)/t28-,29-,30-,31-,32-,33-,34-,37-,38-/m0/s1. The van der Waals surface area contributed by atoms with Gasteiger partial charge >= 0.3 is 5.97 Å². The number of primary amides is 2. The van der Waals surface area contributed by atoms with Crippen LogP contribution in [0.4, 0.5) is 0 Å². The number of carboxylic acids is 1. The Bertz CT molecular complexity index is 1930. The molecule has 24 heteroatoms. The summed E-state index contributed by atoms with van der Waals surface area (Å²) in [6, 6.07) is -9.99. The van der Waals surface area contributed by atoms with Crippen LogP contribution in [0.25, 0.3) is 0 Å². The zero-order chi connectivity index (χ0) is 53.3. The lowest BCUT2D eigenvalue weighted by Crippen LogP contribution is -2.61. The van der Waals surface area contributed by atoms with Gasteiger partial charge in [-0.05, 0) is 101 Å². The highest BCUT2D eigenvalue weighted by atomic mass is 16.4. The quantitative estimate of drug-likeness (QED) is 0.0373. The van der Waals surface area contributed by atoms with Gasteiger partial charge in [0.05, 0.1) is 6.04 Å². The van der Waals surface area contributed by atoms with Gasteiger partial charge in [0, 0.05) is 32.5 Å². The fraction of sp³-hybridized carbons (Fsp3) is 0.766. The van der Waals surface area contributed by atoms with Gasteiger partial charge in [-0.2, -0.15) is 0 Å². The molecule has 0 unspecified atom stereocenters. The van der Waals surface area contributed by atoms with Crippen molar-refractivity contribution in [3.8, 4) is 0 Å². The van der Waals surface area contributed by atoms with Gasteiger partial charge in [-0.1, -0.05) is 41.5 Å². The highest BCUT2D eigenvalue weighted by Crippen LogP contribution is 2.25. The number of nitrogens with two attached hydrogens (primary N) is 4. The molecule has 0 saturated carbocycles. The van der Waals surface area contributed by atoms with Crippen LogP contribution in [0.3, 0.4) is 0 Å². The van der Waals surface area contributed by atoms with E-state index in [1.165, 1.54) is 14.7 Å². The van der Waals surface area contributed by atoms with Crippen molar-refractivity contribution in [3.63, 3.8) is 0 Å². The summed E-state index contributed by atoms with van der Waals surface area (Å²) in [5.41, 5.74) is 22.2. The zero-order valence-electron chi connectivity index (χ0n) is 42.2. The SMILES string of the molecule is CC(C)C[C@H](NC(=O)[C@@H](NC(=O)[C@H](CCCCN)NC(=O)[C@@H]1CCCN1C(=O)[C@@H](N)CCC(N)=O)C(C)C)C(=O)N1CCC[C@H]1C(=O)N[C@H](C(=O)N1CCC[C@H]1C(=O)N[C@@H](CCC(N)=O)C(=O)O)C(C)C. The Kier molecular flexibility index (Phi) is 23.6. The van der Waals surface area contributed by atoms with E-state index in [2.05, 4.69) is 26.6 Å². The number of nitrogens with zero attached hydrogens (tertiary/aromatic N) is 3. The van der Waals surface area contributed by atoms with Crippen LogP contribution >= 0.6 is 0 Å². The second-order valence-corrected chi connectivity index (χ2v) is 20.1. The van der Waals surface area contributed by atoms with Crippen LogP contribution in [-0.4, -0.2) is 165 Å². The monoisotopic (exact) mass is 1000 g/mol. The maximum Gasteiger partial charge on any atom is 0.326 e. The molecule has 71 heavy (non-hydrogen) atoms. The van der Waals surface area contributed by atoms with Crippen molar-refractivity contribution in [1.29, 1.82) is 0 Å². The third-order valence-electron chi connectivity index (χ3n) is 13.2. The minimum absolute atomic E-state index is 0.00866. The summed E-state index contributed by atoms with van der Waals surface area (Å²) in [7, 11) is 0. The predicted molar refractivity (Wildman–Crippen MR) is 258 cm³/mol. The highest BCUT2D eigenvalue weighted by molar-refractivity contribution is 5.98. The van der Waals surface area contributed by atoms with Crippen LogP contribution in [0, 0.1) is 17.8 Å². The Morgan fingerprint density at radius 3 is 1.46 bits per heavy atom. The molecule has 0 aromatic carbocycles. The summed E-state index contributed by atoms with van der Waals surface area (Å²) in [5.74, 6) is -8.68. The normalized spacial score (nSPS) is 20.4. The van der Waals surface area contributed by atoms with Gasteiger partial charge < -0.3 is 69.3 Å². The number of rotatable bonds is 28. The van der Waals surface area contributed by atoms with Crippen LogP contribution in [0.1, 0.15) is 131 Å². The van der Waals surface area contributed by atoms with E-state index in [1.54, 1.807) is 27.7 Å². The number of likely N-dealkylation sites (tertiary alicyclic amines) is 3. The van der Waals surface area contributed by atoms with E-state index >= 15 is 0 Å². The average molecular weight is 1010 g/mol. The van der Waals surface area contributed by atoms with Crippen molar-refractivity contribution < 1.29 is 57.8 Å². The molecule has 0 aromatic rings. The molecule has 3 aliphatic heterocycles. The maximum atomic E-state index is 14.5. The molecule has 24 nitrogen and oxygen atoms in total. The van der Waals surface area contributed by atoms with Gasteiger partial charge in [-0.3, -0.25) is 47.9 Å². The van der Waals surface area contributed by atoms with Gasteiger partial charge in [-0.15, -0.1) is 0 Å². The fourth-order valence-corrected chi connectivity index (χ4v) is 9.27. The molecule has 9 atom stereocenters. The molecule has 0 bridgehead atoms. The summed E-state index contributed by atoms with van der Waals surface area (Å²) >= 11 is 0. The molecular weight excluding hydrogens is 925 g/mol. The minimum Gasteiger partial charge on any atom is -0.480 e. The maximum absolute atomic E-state index is 14.5. The molecule has 3 heterocycles. The average Bonchev–Trinajstić information content (AvgIpc) is 4.11. The van der Waals surface area contributed by atoms with Crippen molar-refractivity contribution in [3.05, 3.63) is 0 Å². The van der Waals surface area contributed by atoms with E-state index in [-0.39, 0.29) is 76.9 Å². The number of carbonyl (C=O) groups is 11. The van der Waals surface area contributed by atoms with Crippen molar-refractivity contribution in [1.82, 2.24) is 41.3 Å². The fourth-order valence-electron chi connectivity index (χ4n) is 9.27. The molecule has 14 N–H and O–H groups in total. The van der Waals surface area contributed by atoms with Crippen molar-refractivity contribution >= 4 is 65.0 Å². The van der Waals surface area contributed by atoms with Crippen LogP contribution in [0.15, 0.2) is 0 Å². The molecule has 0 radical (unpaired) electrons. The summed E-state index contributed by atoms with van der Waals surface area (Å²) in [6.45, 7) is 11.5. The van der Waals surface area contributed by atoms with E-state index in [1.807, 2.05) is 13.8 Å². The lowest BCUT2D eigenvalue weighted by atomic mass is 9.98. The van der Waals surface area contributed by atoms with Gasteiger partial charge in [0.15, 0.2) is 0 Å². The van der Waals surface area contributed by atoms with Gasteiger partial charge in [0.1, 0.15) is 48.3 Å². The third-order valence-corrected chi connectivity index (χ3v) is 13.2.